The standard InChI is InChI=1S/C12H24N2S/c1-12(5-2-6-12)14-9-10-15-11-3-7-13-8-4-11/h11,13-14H,2-10H2,1H3. The van der Waals surface area contributed by atoms with E-state index in [4.69, 9.17) is 0 Å². The van der Waals surface area contributed by atoms with Crippen LogP contribution in [0.15, 0.2) is 0 Å². The van der Waals surface area contributed by atoms with Crippen LogP contribution in [0.25, 0.3) is 0 Å². The third-order valence-electron chi connectivity index (χ3n) is 3.75. The first kappa shape index (κ1) is 11.7. The molecule has 0 bridgehead atoms. The first-order chi connectivity index (χ1) is 7.29. The summed E-state index contributed by atoms with van der Waals surface area (Å²) in [6, 6.07) is 0. The van der Waals surface area contributed by atoms with Gasteiger partial charge in [0, 0.05) is 23.1 Å². The molecule has 2 fully saturated rings. The van der Waals surface area contributed by atoms with E-state index in [-0.39, 0.29) is 0 Å². The fourth-order valence-electron chi connectivity index (χ4n) is 2.42. The molecule has 15 heavy (non-hydrogen) atoms. The molecule has 0 atom stereocenters. The summed E-state index contributed by atoms with van der Waals surface area (Å²) in [4.78, 5) is 0. The van der Waals surface area contributed by atoms with Crippen LogP contribution in [-0.2, 0) is 0 Å². The van der Waals surface area contributed by atoms with E-state index >= 15 is 0 Å². The average molecular weight is 228 g/mol. The molecule has 2 rings (SSSR count). The average Bonchev–Trinajstić information content (AvgIpc) is 2.23. The highest BCUT2D eigenvalue weighted by Crippen LogP contribution is 2.30. The maximum atomic E-state index is 3.70. The van der Waals surface area contributed by atoms with Crippen molar-refractivity contribution < 1.29 is 0 Å². The molecule has 0 aromatic carbocycles. The van der Waals surface area contributed by atoms with Crippen molar-refractivity contribution in [1.29, 1.82) is 0 Å². The molecular weight excluding hydrogens is 204 g/mol. The number of hydrogen-bond donors (Lipinski definition) is 2. The summed E-state index contributed by atoms with van der Waals surface area (Å²) in [5.41, 5.74) is 0.495. The van der Waals surface area contributed by atoms with Crippen LogP contribution in [0.1, 0.15) is 39.0 Å². The molecule has 1 saturated heterocycles. The molecule has 1 saturated carbocycles. The van der Waals surface area contributed by atoms with Crippen LogP contribution in [-0.4, -0.2) is 36.2 Å². The molecule has 1 aliphatic carbocycles. The lowest BCUT2D eigenvalue weighted by Crippen LogP contribution is -2.49. The molecule has 88 valence electrons. The zero-order valence-corrected chi connectivity index (χ0v) is 10.7. The summed E-state index contributed by atoms with van der Waals surface area (Å²) >= 11 is 2.17. The fourth-order valence-corrected chi connectivity index (χ4v) is 3.55. The van der Waals surface area contributed by atoms with Crippen LogP contribution < -0.4 is 10.6 Å². The highest BCUT2D eigenvalue weighted by atomic mass is 32.2. The Balaban J connectivity index is 1.50. The molecule has 1 aliphatic heterocycles. The van der Waals surface area contributed by atoms with Gasteiger partial charge >= 0.3 is 0 Å². The Labute approximate surface area is 98.0 Å². The zero-order chi connectivity index (χ0) is 10.6. The van der Waals surface area contributed by atoms with Crippen molar-refractivity contribution in [2.75, 3.05) is 25.4 Å². The summed E-state index contributed by atoms with van der Waals surface area (Å²) in [6.07, 6.45) is 6.91. The van der Waals surface area contributed by atoms with Crippen molar-refractivity contribution in [2.45, 2.75) is 49.8 Å². The molecule has 2 aliphatic rings. The van der Waals surface area contributed by atoms with Gasteiger partial charge in [0.2, 0.25) is 0 Å². The Bertz CT molecular complexity index is 186. The van der Waals surface area contributed by atoms with Crippen molar-refractivity contribution in [2.24, 2.45) is 0 Å². The Morgan fingerprint density at radius 3 is 2.67 bits per heavy atom. The van der Waals surface area contributed by atoms with Crippen LogP contribution in [0.3, 0.4) is 0 Å². The highest BCUT2D eigenvalue weighted by molar-refractivity contribution is 7.99. The van der Waals surface area contributed by atoms with Gasteiger partial charge in [-0.2, -0.15) is 11.8 Å². The molecule has 0 aromatic heterocycles. The summed E-state index contributed by atoms with van der Waals surface area (Å²) in [5.74, 6) is 1.29. The Morgan fingerprint density at radius 2 is 2.07 bits per heavy atom. The van der Waals surface area contributed by atoms with Crippen LogP contribution in [0.2, 0.25) is 0 Å². The minimum Gasteiger partial charge on any atom is -0.317 e. The number of rotatable bonds is 5. The van der Waals surface area contributed by atoms with Gasteiger partial charge in [0.15, 0.2) is 0 Å². The summed E-state index contributed by atoms with van der Waals surface area (Å²) in [5, 5.41) is 8.04. The number of hydrogen-bond acceptors (Lipinski definition) is 3. The second-order valence-electron chi connectivity index (χ2n) is 5.16. The number of nitrogens with one attached hydrogen (secondary N) is 2. The van der Waals surface area contributed by atoms with E-state index in [1.807, 2.05) is 0 Å². The quantitative estimate of drug-likeness (QED) is 0.704. The second-order valence-corrected chi connectivity index (χ2v) is 6.57. The Kier molecular flexibility index (Phi) is 4.35. The second kappa shape index (κ2) is 5.55. The lowest BCUT2D eigenvalue weighted by molar-refractivity contribution is 0.214. The van der Waals surface area contributed by atoms with Gasteiger partial charge < -0.3 is 10.6 Å². The van der Waals surface area contributed by atoms with E-state index in [1.54, 1.807) is 0 Å². The van der Waals surface area contributed by atoms with E-state index in [0.29, 0.717) is 5.54 Å². The molecule has 0 aromatic rings. The van der Waals surface area contributed by atoms with Gasteiger partial charge in [-0.3, -0.25) is 0 Å². The number of thioether (sulfide) groups is 1. The molecule has 0 spiro atoms. The molecule has 0 amide bonds. The molecular formula is C12H24N2S. The van der Waals surface area contributed by atoms with Gasteiger partial charge in [0.25, 0.3) is 0 Å². The van der Waals surface area contributed by atoms with E-state index in [2.05, 4.69) is 29.3 Å². The molecule has 2 N–H and O–H groups in total. The van der Waals surface area contributed by atoms with Gasteiger partial charge in [-0.15, -0.1) is 0 Å². The zero-order valence-electron chi connectivity index (χ0n) is 9.85. The van der Waals surface area contributed by atoms with Crippen molar-refractivity contribution in [1.82, 2.24) is 10.6 Å². The Hall–Kier alpha value is 0.270. The van der Waals surface area contributed by atoms with Crippen molar-refractivity contribution in [3.05, 3.63) is 0 Å². The van der Waals surface area contributed by atoms with Crippen LogP contribution in [0, 0.1) is 0 Å². The summed E-state index contributed by atoms with van der Waals surface area (Å²) in [7, 11) is 0. The Morgan fingerprint density at radius 1 is 1.33 bits per heavy atom. The highest BCUT2D eigenvalue weighted by Gasteiger charge is 2.30. The normalized spacial score (nSPS) is 26.2. The predicted octanol–water partition coefficient (Wildman–Crippen LogP) is 2.00. The molecule has 0 radical (unpaired) electrons. The molecule has 0 unspecified atom stereocenters. The topological polar surface area (TPSA) is 24.1 Å². The summed E-state index contributed by atoms with van der Waals surface area (Å²) in [6.45, 7) is 6.02. The predicted molar refractivity (Wildman–Crippen MR) is 68.6 cm³/mol. The van der Waals surface area contributed by atoms with Crippen molar-refractivity contribution in [3.8, 4) is 0 Å². The van der Waals surface area contributed by atoms with Gasteiger partial charge in [-0.05, 0) is 52.1 Å². The van der Waals surface area contributed by atoms with Gasteiger partial charge in [0.05, 0.1) is 0 Å². The van der Waals surface area contributed by atoms with E-state index in [0.717, 1.165) is 5.25 Å². The van der Waals surface area contributed by atoms with E-state index in [9.17, 15) is 0 Å². The SMILES string of the molecule is CC1(NCCSC2CCNCC2)CCC1. The van der Waals surface area contributed by atoms with E-state index in [1.165, 1.54) is 57.5 Å². The smallest absolute Gasteiger partial charge is 0.0153 e. The van der Waals surface area contributed by atoms with E-state index < -0.39 is 0 Å². The van der Waals surface area contributed by atoms with Crippen molar-refractivity contribution >= 4 is 11.8 Å². The van der Waals surface area contributed by atoms with Crippen LogP contribution >= 0.6 is 11.8 Å². The largest absolute Gasteiger partial charge is 0.317 e. The third-order valence-corrected chi connectivity index (χ3v) is 5.13. The first-order valence-electron chi connectivity index (χ1n) is 6.36. The monoisotopic (exact) mass is 228 g/mol. The first-order valence-corrected chi connectivity index (χ1v) is 7.41. The van der Waals surface area contributed by atoms with Gasteiger partial charge in [0.1, 0.15) is 0 Å². The molecule has 2 nitrogen and oxygen atoms in total. The maximum absolute atomic E-state index is 3.70. The summed E-state index contributed by atoms with van der Waals surface area (Å²) < 4.78 is 0. The minimum absolute atomic E-state index is 0.495. The number of piperidine rings is 1. The molecule has 3 heteroatoms. The third kappa shape index (κ3) is 3.65. The minimum atomic E-state index is 0.495. The lowest BCUT2D eigenvalue weighted by Gasteiger charge is -2.39. The van der Waals surface area contributed by atoms with Gasteiger partial charge in [-0.25, -0.2) is 0 Å². The fraction of sp³-hybridized carbons (Fsp3) is 1.00. The maximum Gasteiger partial charge on any atom is 0.0153 e. The molecule has 1 heterocycles. The van der Waals surface area contributed by atoms with Crippen LogP contribution in [0.4, 0.5) is 0 Å². The van der Waals surface area contributed by atoms with Crippen LogP contribution in [0.5, 0.6) is 0 Å². The van der Waals surface area contributed by atoms with Gasteiger partial charge in [-0.1, -0.05) is 0 Å². The van der Waals surface area contributed by atoms with Crippen molar-refractivity contribution in [3.63, 3.8) is 0 Å². The lowest BCUT2D eigenvalue weighted by atomic mass is 9.79.